The molecule has 1 aromatic carbocycles. The molecule has 0 aliphatic carbocycles. The van der Waals surface area contributed by atoms with E-state index in [0.717, 1.165) is 6.07 Å². The van der Waals surface area contributed by atoms with Crippen molar-refractivity contribution < 1.29 is 13.9 Å². The Hall–Kier alpha value is -2.04. The number of rotatable bonds is 1. The number of hydrogen-bond acceptors (Lipinski definition) is 4. The highest BCUT2D eigenvalue weighted by Gasteiger charge is 2.13. The molecule has 0 atom stereocenters. The zero-order chi connectivity index (χ0) is 10.8. The van der Waals surface area contributed by atoms with Crippen LogP contribution < -0.4 is 0 Å². The Labute approximate surface area is 84.7 Å². The summed E-state index contributed by atoms with van der Waals surface area (Å²) < 4.78 is 17.8. The number of hydrogen-bond donors (Lipinski definition) is 0. The molecule has 0 bridgehead atoms. The second-order valence-electron chi connectivity index (χ2n) is 2.87. The van der Waals surface area contributed by atoms with Gasteiger partial charge < -0.3 is 4.74 Å². The van der Waals surface area contributed by atoms with Gasteiger partial charge >= 0.3 is 5.97 Å². The Morgan fingerprint density at radius 3 is 2.47 bits per heavy atom. The van der Waals surface area contributed by atoms with Crippen molar-refractivity contribution in [1.29, 1.82) is 0 Å². The first-order valence-corrected chi connectivity index (χ1v) is 4.21. The number of ether oxygens (including phenoxy) is 1. The van der Waals surface area contributed by atoms with Crippen molar-refractivity contribution in [2.75, 3.05) is 7.11 Å². The highest BCUT2D eigenvalue weighted by Crippen LogP contribution is 2.15. The van der Waals surface area contributed by atoms with Crippen molar-refractivity contribution in [2.24, 2.45) is 0 Å². The second kappa shape index (κ2) is 3.61. The molecule has 4 nitrogen and oxygen atoms in total. The van der Waals surface area contributed by atoms with Crippen LogP contribution in [0, 0.1) is 5.82 Å². The maximum Gasteiger partial charge on any atom is 0.340 e. The van der Waals surface area contributed by atoms with Crippen molar-refractivity contribution in [3.8, 4) is 0 Å². The topological polar surface area (TPSA) is 52.1 Å². The highest BCUT2D eigenvalue weighted by molar-refractivity contribution is 5.93. The van der Waals surface area contributed by atoms with E-state index in [1.807, 2.05) is 0 Å². The third-order valence-corrected chi connectivity index (χ3v) is 1.96. The maximum atomic E-state index is 13.4. The van der Waals surface area contributed by atoms with E-state index in [1.165, 1.54) is 25.6 Å². The van der Waals surface area contributed by atoms with Gasteiger partial charge in [-0.25, -0.2) is 9.18 Å². The molecule has 2 rings (SSSR count). The minimum atomic E-state index is -0.722. The summed E-state index contributed by atoms with van der Waals surface area (Å²) in [6.45, 7) is 0. The van der Waals surface area contributed by atoms with Crippen molar-refractivity contribution in [3.63, 3.8) is 0 Å². The predicted octanol–water partition coefficient (Wildman–Crippen LogP) is 1.56. The quantitative estimate of drug-likeness (QED) is 0.664. The summed E-state index contributed by atoms with van der Waals surface area (Å²) in [4.78, 5) is 19.0. The summed E-state index contributed by atoms with van der Waals surface area (Å²) in [7, 11) is 1.20. The van der Waals surface area contributed by atoms with Gasteiger partial charge in [-0.15, -0.1) is 0 Å². The lowest BCUT2D eigenvalue weighted by Gasteiger charge is -2.02. The van der Waals surface area contributed by atoms with Crippen LogP contribution in [0.15, 0.2) is 24.5 Å². The number of nitrogens with zero attached hydrogens (tertiary/aromatic N) is 2. The van der Waals surface area contributed by atoms with Gasteiger partial charge in [-0.2, -0.15) is 0 Å². The number of aromatic nitrogens is 2. The lowest BCUT2D eigenvalue weighted by Crippen LogP contribution is -2.04. The standard InChI is InChI=1S/C10H7FN2O2/c1-15-10(14)6-4-8-9(5-7(6)11)13-3-2-12-8/h2-5H,1H3. The first-order valence-electron chi connectivity index (χ1n) is 4.21. The van der Waals surface area contributed by atoms with Gasteiger partial charge in [0.1, 0.15) is 5.82 Å². The van der Waals surface area contributed by atoms with Crippen molar-refractivity contribution in [1.82, 2.24) is 9.97 Å². The molecule has 0 N–H and O–H groups in total. The number of benzene rings is 1. The molecule has 2 aromatic rings. The fourth-order valence-electron chi connectivity index (χ4n) is 1.25. The smallest absolute Gasteiger partial charge is 0.340 e. The molecule has 0 amide bonds. The molecule has 76 valence electrons. The summed E-state index contributed by atoms with van der Waals surface area (Å²) in [6, 6.07) is 2.48. The van der Waals surface area contributed by atoms with E-state index in [9.17, 15) is 9.18 Å². The molecule has 0 saturated heterocycles. The van der Waals surface area contributed by atoms with Gasteiger partial charge in [0.25, 0.3) is 0 Å². The first kappa shape index (κ1) is 9.51. The third kappa shape index (κ3) is 1.63. The molecule has 15 heavy (non-hydrogen) atoms. The lowest BCUT2D eigenvalue weighted by molar-refractivity contribution is 0.0595. The van der Waals surface area contributed by atoms with Crippen LogP contribution in [0.5, 0.6) is 0 Å². The van der Waals surface area contributed by atoms with Crippen LogP contribution in [-0.2, 0) is 4.74 Å². The lowest BCUT2D eigenvalue weighted by atomic mass is 10.2. The van der Waals surface area contributed by atoms with E-state index in [4.69, 9.17) is 0 Å². The van der Waals surface area contributed by atoms with Crippen LogP contribution in [0.2, 0.25) is 0 Å². The molecule has 0 unspecified atom stereocenters. The predicted molar refractivity (Wildman–Crippen MR) is 50.8 cm³/mol. The number of carbonyl (C=O) groups is 1. The third-order valence-electron chi connectivity index (χ3n) is 1.96. The summed E-state index contributed by atoms with van der Waals surface area (Å²) in [6.07, 6.45) is 2.93. The van der Waals surface area contributed by atoms with Crippen LogP contribution in [0.3, 0.4) is 0 Å². The van der Waals surface area contributed by atoms with Gasteiger partial charge in [0.05, 0.1) is 23.7 Å². The maximum absolute atomic E-state index is 13.4. The van der Waals surface area contributed by atoms with Gasteiger partial charge in [0.2, 0.25) is 0 Å². The molecule has 0 saturated carbocycles. The zero-order valence-electron chi connectivity index (χ0n) is 7.90. The number of methoxy groups -OCH3 is 1. The van der Waals surface area contributed by atoms with E-state index in [0.29, 0.717) is 11.0 Å². The molecule has 1 aromatic heterocycles. The molecule has 0 aliphatic heterocycles. The van der Waals surface area contributed by atoms with Gasteiger partial charge in [0.15, 0.2) is 0 Å². The Morgan fingerprint density at radius 1 is 1.27 bits per heavy atom. The molecule has 0 spiro atoms. The Morgan fingerprint density at radius 2 is 1.87 bits per heavy atom. The molecular formula is C10H7FN2O2. The Bertz CT molecular complexity index is 528. The van der Waals surface area contributed by atoms with Crippen LogP contribution in [0.4, 0.5) is 4.39 Å². The van der Waals surface area contributed by atoms with E-state index < -0.39 is 11.8 Å². The molecule has 1 heterocycles. The van der Waals surface area contributed by atoms with Crippen molar-refractivity contribution in [3.05, 3.63) is 35.9 Å². The monoisotopic (exact) mass is 206 g/mol. The summed E-state index contributed by atoms with van der Waals surface area (Å²) in [5, 5.41) is 0. The van der Waals surface area contributed by atoms with E-state index in [1.54, 1.807) is 0 Å². The van der Waals surface area contributed by atoms with Crippen LogP contribution in [0.1, 0.15) is 10.4 Å². The first-order chi connectivity index (χ1) is 7.22. The normalized spacial score (nSPS) is 10.3. The summed E-state index contributed by atoms with van der Waals surface area (Å²) in [5.41, 5.74) is 0.729. The Kier molecular flexibility index (Phi) is 2.29. The van der Waals surface area contributed by atoms with Gasteiger partial charge in [-0.3, -0.25) is 9.97 Å². The summed E-state index contributed by atoms with van der Waals surface area (Å²) in [5.74, 6) is -1.38. The summed E-state index contributed by atoms with van der Waals surface area (Å²) >= 11 is 0. The number of carbonyl (C=O) groups excluding carboxylic acids is 1. The molecule has 0 radical (unpaired) electrons. The van der Waals surface area contributed by atoms with Crippen LogP contribution >= 0.6 is 0 Å². The fraction of sp³-hybridized carbons (Fsp3) is 0.100. The molecule has 0 fully saturated rings. The van der Waals surface area contributed by atoms with E-state index in [-0.39, 0.29) is 5.56 Å². The largest absolute Gasteiger partial charge is 0.465 e. The molecular weight excluding hydrogens is 199 g/mol. The van der Waals surface area contributed by atoms with Crippen LogP contribution in [-0.4, -0.2) is 23.0 Å². The van der Waals surface area contributed by atoms with Gasteiger partial charge in [-0.1, -0.05) is 0 Å². The average Bonchev–Trinajstić information content (AvgIpc) is 2.27. The van der Waals surface area contributed by atoms with Crippen molar-refractivity contribution >= 4 is 17.0 Å². The average molecular weight is 206 g/mol. The minimum absolute atomic E-state index is 0.134. The van der Waals surface area contributed by atoms with E-state index in [2.05, 4.69) is 14.7 Å². The number of fused-ring (bicyclic) bond motifs is 1. The van der Waals surface area contributed by atoms with E-state index >= 15 is 0 Å². The highest BCUT2D eigenvalue weighted by atomic mass is 19.1. The SMILES string of the molecule is COC(=O)c1cc2nccnc2cc1F. The molecule has 0 aliphatic rings. The zero-order valence-corrected chi connectivity index (χ0v) is 7.90. The minimum Gasteiger partial charge on any atom is -0.465 e. The fourth-order valence-corrected chi connectivity index (χ4v) is 1.25. The number of esters is 1. The Balaban J connectivity index is 2.67. The second-order valence-corrected chi connectivity index (χ2v) is 2.87. The van der Waals surface area contributed by atoms with Gasteiger partial charge in [0, 0.05) is 18.5 Å². The van der Waals surface area contributed by atoms with Crippen LogP contribution in [0.25, 0.3) is 11.0 Å². The number of halogens is 1. The van der Waals surface area contributed by atoms with Gasteiger partial charge in [-0.05, 0) is 6.07 Å². The van der Waals surface area contributed by atoms with Crippen molar-refractivity contribution in [2.45, 2.75) is 0 Å². The molecule has 5 heteroatoms.